The number of halogens is 1. The highest BCUT2D eigenvalue weighted by molar-refractivity contribution is 5.90. The molecule has 0 unspecified atom stereocenters. The number of aryl methyl sites for hydroxylation is 2. The standard InChI is InChI=1S/C18H17FN2O3/c1-10-4-5-21-14(9-22)17(20-15(21)6-10)16-11(2)7-12(8-13(16)19)18(23)24-3/h4-8,22H,9H2,1-3H3. The van der Waals surface area contributed by atoms with Gasteiger partial charge in [0, 0.05) is 11.8 Å². The fourth-order valence-corrected chi connectivity index (χ4v) is 2.83. The largest absolute Gasteiger partial charge is 0.465 e. The summed E-state index contributed by atoms with van der Waals surface area (Å²) >= 11 is 0. The Kier molecular flexibility index (Phi) is 4.07. The topological polar surface area (TPSA) is 63.8 Å². The molecule has 0 radical (unpaired) electrons. The molecule has 0 bridgehead atoms. The van der Waals surface area contributed by atoms with E-state index in [1.807, 2.05) is 19.1 Å². The number of ether oxygens (including phenoxy) is 1. The summed E-state index contributed by atoms with van der Waals surface area (Å²) in [6.07, 6.45) is 1.79. The number of aliphatic hydroxyl groups excluding tert-OH is 1. The molecule has 0 aliphatic carbocycles. The molecule has 1 aromatic carbocycles. The fraction of sp³-hybridized carbons (Fsp3) is 0.222. The second-order valence-electron chi connectivity index (χ2n) is 5.64. The molecule has 0 spiro atoms. The molecule has 0 aliphatic rings. The number of aromatic nitrogens is 2. The lowest BCUT2D eigenvalue weighted by Crippen LogP contribution is -2.04. The Labute approximate surface area is 138 Å². The Morgan fingerprint density at radius 1 is 1.33 bits per heavy atom. The highest BCUT2D eigenvalue weighted by Crippen LogP contribution is 2.31. The number of fused-ring (bicyclic) bond motifs is 1. The normalized spacial score (nSPS) is 11.0. The van der Waals surface area contributed by atoms with Gasteiger partial charge in [0.25, 0.3) is 0 Å². The van der Waals surface area contributed by atoms with Gasteiger partial charge in [-0.3, -0.25) is 0 Å². The number of benzene rings is 1. The van der Waals surface area contributed by atoms with Crippen LogP contribution in [-0.2, 0) is 11.3 Å². The van der Waals surface area contributed by atoms with Gasteiger partial charge < -0.3 is 14.2 Å². The van der Waals surface area contributed by atoms with Gasteiger partial charge in [0.2, 0.25) is 0 Å². The molecule has 0 atom stereocenters. The summed E-state index contributed by atoms with van der Waals surface area (Å²) in [5.74, 6) is -1.18. The van der Waals surface area contributed by atoms with E-state index in [0.717, 1.165) is 11.6 Å². The van der Waals surface area contributed by atoms with Crippen LogP contribution in [0.1, 0.15) is 27.2 Å². The molecular formula is C18H17FN2O3. The van der Waals surface area contributed by atoms with E-state index < -0.39 is 11.8 Å². The molecule has 24 heavy (non-hydrogen) atoms. The molecule has 3 rings (SSSR count). The molecular weight excluding hydrogens is 311 g/mol. The maximum absolute atomic E-state index is 14.7. The Morgan fingerprint density at radius 2 is 2.08 bits per heavy atom. The molecule has 0 fully saturated rings. The van der Waals surface area contributed by atoms with Crippen LogP contribution in [0.4, 0.5) is 4.39 Å². The van der Waals surface area contributed by atoms with E-state index in [1.54, 1.807) is 23.6 Å². The number of imidazole rings is 1. The molecule has 0 aliphatic heterocycles. The van der Waals surface area contributed by atoms with Crippen molar-refractivity contribution < 1.29 is 19.0 Å². The smallest absolute Gasteiger partial charge is 0.337 e. The molecule has 124 valence electrons. The van der Waals surface area contributed by atoms with Gasteiger partial charge in [-0.2, -0.15) is 0 Å². The van der Waals surface area contributed by atoms with Crippen LogP contribution in [0.3, 0.4) is 0 Å². The van der Waals surface area contributed by atoms with Crippen molar-refractivity contribution in [1.29, 1.82) is 0 Å². The number of esters is 1. The number of carbonyl (C=O) groups excluding carboxylic acids is 1. The van der Waals surface area contributed by atoms with Gasteiger partial charge >= 0.3 is 5.97 Å². The van der Waals surface area contributed by atoms with Crippen LogP contribution in [0.15, 0.2) is 30.5 Å². The number of hydrogen-bond acceptors (Lipinski definition) is 4. The average Bonchev–Trinajstić information content (AvgIpc) is 2.90. The van der Waals surface area contributed by atoms with Gasteiger partial charge in [-0.15, -0.1) is 0 Å². The van der Waals surface area contributed by atoms with E-state index in [1.165, 1.54) is 7.11 Å². The Bertz CT molecular complexity index is 924. The summed E-state index contributed by atoms with van der Waals surface area (Å²) in [5.41, 5.74) is 3.47. The minimum atomic E-state index is -0.600. The van der Waals surface area contributed by atoms with Crippen LogP contribution >= 0.6 is 0 Å². The average molecular weight is 328 g/mol. The number of carbonyl (C=O) groups is 1. The minimum Gasteiger partial charge on any atom is -0.465 e. The molecule has 0 saturated carbocycles. The maximum atomic E-state index is 14.7. The molecule has 2 aromatic heterocycles. The number of hydrogen-bond donors (Lipinski definition) is 1. The first kappa shape index (κ1) is 16.1. The second-order valence-corrected chi connectivity index (χ2v) is 5.64. The summed E-state index contributed by atoms with van der Waals surface area (Å²) < 4.78 is 21.0. The van der Waals surface area contributed by atoms with Crippen LogP contribution in [0.5, 0.6) is 0 Å². The Hall–Kier alpha value is -2.73. The summed E-state index contributed by atoms with van der Waals surface area (Å²) in [5, 5.41) is 9.74. The first-order valence-electron chi connectivity index (χ1n) is 7.43. The zero-order chi connectivity index (χ0) is 17.4. The van der Waals surface area contributed by atoms with Crippen molar-refractivity contribution in [2.45, 2.75) is 20.5 Å². The van der Waals surface area contributed by atoms with Gasteiger partial charge in [0.05, 0.1) is 30.7 Å². The van der Waals surface area contributed by atoms with Crippen molar-refractivity contribution in [3.8, 4) is 11.3 Å². The zero-order valence-corrected chi connectivity index (χ0v) is 13.6. The second kappa shape index (κ2) is 6.05. The summed E-state index contributed by atoms with van der Waals surface area (Å²) in [7, 11) is 1.25. The molecule has 0 amide bonds. The Balaban J connectivity index is 2.26. The van der Waals surface area contributed by atoms with E-state index in [9.17, 15) is 14.3 Å². The van der Waals surface area contributed by atoms with Crippen LogP contribution in [0, 0.1) is 19.7 Å². The van der Waals surface area contributed by atoms with E-state index in [4.69, 9.17) is 0 Å². The minimum absolute atomic E-state index is 0.140. The third-order valence-corrected chi connectivity index (χ3v) is 3.98. The van der Waals surface area contributed by atoms with Gasteiger partial charge in [0.1, 0.15) is 11.5 Å². The monoisotopic (exact) mass is 328 g/mol. The molecule has 2 heterocycles. The number of rotatable bonds is 3. The van der Waals surface area contributed by atoms with Crippen LogP contribution in [0.2, 0.25) is 0 Å². The fourth-order valence-electron chi connectivity index (χ4n) is 2.83. The van der Waals surface area contributed by atoms with Crippen molar-refractivity contribution in [1.82, 2.24) is 9.38 Å². The highest BCUT2D eigenvalue weighted by Gasteiger charge is 2.21. The van der Waals surface area contributed by atoms with Crippen molar-refractivity contribution in [2.24, 2.45) is 0 Å². The first-order chi connectivity index (χ1) is 11.5. The maximum Gasteiger partial charge on any atom is 0.337 e. The van der Waals surface area contributed by atoms with E-state index in [0.29, 0.717) is 22.6 Å². The van der Waals surface area contributed by atoms with E-state index in [-0.39, 0.29) is 17.7 Å². The lowest BCUT2D eigenvalue weighted by atomic mass is 10.0. The van der Waals surface area contributed by atoms with Gasteiger partial charge in [0.15, 0.2) is 0 Å². The van der Waals surface area contributed by atoms with Crippen molar-refractivity contribution >= 4 is 11.6 Å². The summed E-state index contributed by atoms with van der Waals surface area (Å²) in [6.45, 7) is 3.35. The molecule has 6 heteroatoms. The highest BCUT2D eigenvalue weighted by atomic mass is 19.1. The third-order valence-electron chi connectivity index (χ3n) is 3.98. The summed E-state index contributed by atoms with van der Waals surface area (Å²) in [6, 6.07) is 6.44. The zero-order valence-electron chi connectivity index (χ0n) is 13.6. The molecule has 5 nitrogen and oxygen atoms in total. The lowest BCUT2D eigenvalue weighted by Gasteiger charge is -2.09. The van der Waals surface area contributed by atoms with Gasteiger partial charge in [-0.05, 0) is 49.2 Å². The lowest BCUT2D eigenvalue weighted by molar-refractivity contribution is 0.0600. The molecule has 0 saturated heterocycles. The predicted octanol–water partition coefficient (Wildman–Crippen LogP) is 3.04. The number of nitrogens with zero attached hydrogens (tertiary/aromatic N) is 2. The van der Waals surface area contributed by atoms with Gasteiger partial charge in [-0.25, -0.2) is 14.2 Å². The van der Waals surface area contributed by atoms with Gasteiger partial charge in [-0.1, -0.05) is 0 Å². The van der Waals surface area contributed by atoms with E-state index in [2.05, 4.69) is 9.72 Å². The quantitative estimate of drug-likeness (QED) is 0.751. The number of aliphatic hydroxyl groups is 1. The molecule has 1 N–H and O–H groups in total. The summed E-state index contributed by atoms with van der Waals surface area (Å²) in [4.78, 5) is 16.1. The van der Waals surface area contributed by atoms with E-state index >= 15 is 0 Å². The molecule has 3 aromatic rings. The predicted molar refractivity (Wildman–Crippen MR) is 87.3 cm³/mol. The van der Waals surface area contributed by atoms with Crippen molar-refractivity contribution in [3.05, 3.63) is 58.7 Å². The van der Waals surface area contributed by atoms with Crippen LogP contribution < -0.4 is 0 Å². The third kappa shape index (κ3) is 2.55. The Morgan fingerprint density at radius 3 is 2.71 bits per heavy atom. The van der Waals surface area contributed by atoms with Crippen molar-refractivity contribution in [2.75, 3.05) is 7.11 Å². The van der Waals surface area contributed by atoms with Crippen LogP contribution in [-0.4, -0.2) is 27.6 Å². The number of pyridine rings is 1. The van der Waals surface area contributed by atoms with Crippen LogP contribution in [0.25, 0.3) is 16.9 Å². The SMILES string of the molecule is COC(=O)c1cc(C)c(-c2nc3cc(C)ccn3c2CO)c(F)c1. The first-order valence-corrected chi connectivity index (χ1v) is 7.43. The number of methoxy groups -OCH3 is 1. The van der Waals surface area contributed by atoms with Crippen molar-refractivity contribution in [3.63, 3.8) is 0 Å².